The van der Waals surface area contributed by atoms with Crippen LogP contribution in [0.15, 0.2) is 24.3 Å². The number of benzene rings is 1. The number of fused-ring (bicyclic) bond motifs is 4. The van der Waals surface area contributed by atoms with E-state index in [4.69, 9.17) is 4.98 Å². The molecule has 24 heavy (non-hydrogen) atoms. The van der Waals surface area contributed by atoms with Gasteiger partial charge in [-0.25, -0.2) is 4.98 Å². The first-order valence-electron chi connectivity index (χ1n) is 9.57. The average molecular weight is 323 g/mol. The molecule has 0 bridgehead atoms. The number of hydrogen-bond donors (Lipinski definition) is 0. The van der Waals surface area contributed by atoms with Gasteiger partial charge in [0, 0.05) is 6.04 Å². The molecule has 2 heterocycles. The smallest absolute Gasteiger partial charge is 0.249 e. The van der Waals surface area contributed by atoms with Gasteiger partial charge in [0.25, 0.3) is 0 Å². The van der Waals surface area contributed by atoms with E-state index in [-0.39, 0.29) is 5.54 Å². The van der Waals surface area contributed by atoms with E-state index in [1.165, 1.54) is 32.1 Å². The lowest BCUT2D eigenvalue weighted by molar-refractivity contribution is -0.147. The van der Waals surface area contributed by atoms with Crippen LogP contribution >= 0.6 is 0 Å². The summed E-state index contributed by atoms with van der Waals surface area (Å²) in [5.41, 5.74) is 1.82. The van der Waals surface area contributed by atoms with Crippen molar-refractivity contribution in [3.8, 4) is 0 Å². The molecular formula is C20H25N3O. The van der Waals surface area contributed by atoms with Crippen molar-refractivity contribution in [1.82, 2.24) is 14.5 Å². The van der Waals surface area contributed by atoms with Gasteiger partial charge in [0.1, 0.15) is 11.4 Å². The van der Waals surface area contributed by atoms with E-state index in [0.717, 1.165) is 42.5 Å². The van der Waals surface area contributed by atoms with Gasteiger partial charge in [0.2, 0.25) is 5.91 Å². The van der Waals surface area contributed by atoms with Crippen molar-refractivity contribution in [1.29, 1.82) is 0 Å². The maximum atomic E-state index is 13.6. The van der Waals surface area contributed by atoms with Gasteiger partial charge in [-0.1, -0.05) is 44.2 Å². The zero-order valence-corrected chi connectivity index (χ0v) is 14.2. The molecule has 1 aromatic heterocycles. The molecule has 2 saturated carbocycles. The van der Waals surface area contributed by atoms with Crippen LogP contribution in [-0.2, 0) is 16.9 Å². The fourth-order valence-electron chi connectivity index (χ4n) is 5.33. The summed E-state index contributed by atoms with van der Waals surface area (Å²) in [6.45, 7) is 0.694. The van der Waals surface area contributed by atoms with Crippen molar-refractivity contribution in [2.24, 2.45) is 0 Å². The van der Waals surface area contributed by atoms with Crippen molar-refractivity contribution < 1.29 is 4.79 Å². The molecule has 4 nitrogen and oxygen atoms in total. The molecule has 1 aliphatic heterocycles. The Bertz CT molecular complexity index is 781. The fraction of sp³-hybridized carbons (Fsp3) is 0.600. The van der Waals surface area contributed by atoms with Crippen molar-refractivity contribution >= 4 is 16.9 Å². The number of carbonyl (C=O) groups excluding carboxylic acids is 1. The van der Waals surface area contributed by atoms with Crippen LogP contribution in [0, 0.1) is 0 Å². The number of carbonyl (C=O) groups is 1. The number of amides is 1. The third-order valence-corrected chi connectivity index (χ3v) is 6.48. The average Bonchev–Trinajstić information content (AvgIpc) is 3.24. The number of para-hydroxylation sites is 2. The molecule has 5 rings (SSSR count). The van der Waals surface area contributed by atoms with Gasteiger partial charge >= 0.3 is 0 Å². The Labute approximate surface area is 142 Å². The zero-order valence-electron chi connectivity index (χ0n) is 14.2. The summed E-state index contributed by atoms with van der Waals surface area (Å²) >= 11 is 0. The molecule has 1 amide bonds. The Morgan fingerprint density at radius 2 is 1.75 bits per heavy atom. The minimum atomic E-state index is -0.360. The normalized spacial score (nSPS) is 24.0. The van der Waals surface area contributed by atoms with Gasteiger partial charge in [-0.2, -0.15) is 0 Å². The molecule has 2 aromatic rings. The molecule has 2 fully saturated rings. The van der Waals surface area contributed by atoms with E-state index < -0.39 is 0 Å². The third kappa shape index (κ3) is 1.92. The maximum absolute atomic E-state index is 13.6. The number of aromatic nitrogens is 2. The van der Waals surface area contributed by atoms with Crippen LogP contribution in [-0.4, -0.2) is 26.4 Å². The fourth-order valence-corrected chi connectivity index (χ4v) is 5.33. The minimum Gasteiger partial charge on any atom is -0.330 e. The van der Waals surface area contributed by atoms with Crippen molar-refractivity contribution in [2.75, 3.05) is 0 Å². The van der Waals surface area contributed by atoms with Gasteiger partial charge < -0.3 is 9.47 Å². The molecule has 0 N–H and O–H groups in total. The first-order valence-corrected chi connectivity index (χ1v) is 9.57. The molecule has 0 unspecified atom stereocenters. The van der Waals surface area contributed by atoms with Crippen LogP contribution in [0.3, 0.4) is 0 Å². The zero-order chi connectivity index (χ0) is 16.1. The first-order chi connectivity index (χ1) is 11.8. The molecule has 3 aliphatic rings. The minimum absolute atomic E-state index is 0.360. The van der Waals surface area contributed by atoms with E-state index in [1.807, 2.05) is 6.07 Å². The second-order valence-corrected chi connectivity index (χ2v) is 7.82. The van der Waals surface area contributed by atoms with Crippen LogP contribution in [0.2, 0.25) is 0 Å². The summed E-state index contributed by atoms with van der Waals surface area (Å²) in [5.74, 6) is 1.48. The molecule has 1 spiro atoms. The van der Waals surface area contributed by atoms with Crippen molar-refractivity contribution in [3.63, 3.8) is 0 Å². The summed E-state index contributed by atoms with van der Waals surface area (Å²) in [6, 6.07) is 8.76. The Balaban J connectivity index is 1.66. The topological polar surface area (TPSA) is 38.1 Å². The van der Waals surface area contributed by atoms with Crippen LogP contribution in [0.4, 0.5) is 0 Å². The van der Waals surface area contributed by atoms with E-state index >= 15 is 0 Å². The first kappa shape index (κ1) is 14.5. The van der Waals surface area contributed by atoms with Gasteiger partial charge in [0.05, 0.1) is 17.6 Å². The Morgan fingerprint density at radius 3 is 2.54 bits per heavy atom. The summed E-state index contributed by atoms with van der Waals surface area (Å²) in [7, 11) is 0. The summed E-state index contributed by atoms with van der Waals surface area (Å²) < 4.78 is 2.32. The molecule has 2 aliphatic carbocycles. The Morgan fingerprint density at radius 1 is 1.00 bits per heavy atom. The SMILES string of the molecule is O=C1N(C2CCCCC2)Cc2nc3ccccc3n2C12CCCC2. The van der Waals surface area contributed by atoms with E-state index in [2.05, 4.69) is 27.7 Å². The molecule has 4 heteroatoms. The van der Waals surface area contributed by atoms with E-state index in [9.17, 15) is 4.79 Å². The predicted molar refractivity (Wildman–Crippen MR) is 93.6 cm³/mol. The molecular weight excluding hydrogens is 298 g/mol. The van der Waals surface area contributed by atoms with Gasteiger partial charge in [-0.3, -0.25) is 4.79 Å². The number of hydrogen-bond acceptors (Lipinski definition) is 2. The molecule has 126 valence electrons. The quantitative estimate of drug-likeness (QED) is 0.796. The van der Waals surface area contributed by atoms with Crippen LogP contribution < -0.4 is 0 Å². The van der Waals surface area contributed by atoms with Crippen molar-refractivity contribution in [2.45, 2.75) is 75.9 Å². The number of imidazole rings is 1. The number of nitrogens with zero attached hydrogens (tertiary/aromatic N) is 3. The van der Waals surface area contributed by atoms with E-state index in [1.54, 1.807) is 0 Å². The highest BCUT2D eigenvalue weighted by Gasteiger charge is 2.51. The highest BCUT2D eigenvalue weighted by atomic mass is 16.2. The molecule has 0 radical (unpaired) electrons. The maximum Gasteiger partial charge on any atom is 0.249 e. The lowest BCUT2D eigenvalue weighted by Gasteiger charge is -2.45. The summed E-state index contributed by atoms with van der Waals surface area (Å²) in [6.07, 6.45) is 10.4. The third-order valence-electron chi connectivity index (χ3n) is 6.48. The van der Waals surface area contributed by atoms with E-state index in [0.29, 0.717) is 18.5 Å². The monoisotopic (exact) mass is 323 g/mol. The van der Waals surface area contributed by atoms with Gasteiger partial charge in [-0.15, -0.1) is 0 Å². The number of rotatable bonds is 1. The summed E-state index contributed by atoms with van der Waals surface area (Å²) in [4.78, 5) is 20.8. The Hall–Kier alpha value is -1.84. The molecule has 1 aromatic carbocycles. The van der Waals surface area contributed by atoms with Crippen molar-refractivity contribution in [3.05, 3.63) is 30.1 Å². The van der Waals surface area contributed by atoms with Gasteiger partial charge in [0.15, 0.2) is 0 Å². The molecule has 0 atom stereocenters. The lowest BCUT2D eigenvalue weighted by Crippen LogP contribution is -2.57. The standard InChI is InChI=1S/C20H25N3O/c24-19-20(12-6-7-13-20)23-17-11-5-4-10-16(17)21-18(23)14-22(19)15-8-2-1-3-9-15/h4-5,10-11,15H,1-3,6-9,12-14H2. The second kappa shape index (κ2) is 5.33. The predicted octanol–water partition coefficient (Wildman–Crippen LogP) is 3.98. The molecule has 0 saturated heterocycles. The highest BCUT2D eigenvalue weighted by Crippen LogP contribution is 2.45. The van der Waals surface area contributed by atoms with Crippen LogP contribution in [0.25, 0.3) is 11.0 Å². The van der Waals surface area contributed by atoms with Crippen LogP contribution in [0.5, 0.6) is 0 Å². The Kier molecular flexibility index (Phi) is 3.22. The van der Waals surface area contributed by atoms with Crippen LogP contribution in [0.1, 0.15) is 63.6 Å². The largest absolute Gasteiger partial charge is 0.330 e. The summed E-state index contributed by atoms with van der Waals surface area (Å²) in [5, 5.41) is 0. The second-order valence-electron chi connectivity index (χ2n) is 7.82. The lowest BCUT2D eigenvalue weighted by atomic mass is 9.88. The van der Waals surface area contributed by atoms with Gasteiger partial charge in [-0.05, 0) is 37.8 Å². The highest BCUT2D eigenvalue weighted by molar-refractivity contribution is 5.89.